The Labute approximate surface area is 129 Å². The highest BCUT2D eigenvalue weighted by Gasteiger charge is 2.08. The van der Waals surface area contributed by atoms with E-state index in [1.165, 1.54) is 0 Å². The minimum atomic E-state index is 0.0617. The molecular weight excluding hydrogens is 272 g/mol. The second-order valence-electron chi connectivity index (χ2n) is 4.60. The molecule has 0 aliphatic rings. The van der Waals surface area contributed by atoms with Crippen LogP contribution in [0.4, 0.5) is 11.4 Å². The lowest BCUT2D eigenvalue weighted by molar-refractivity contribution is 1.21. The van der Waals surface area contributed by atoms with Crippen molar-refractivity contribution in [2.45, 2.75) is 0 Å². The highest BCUT2D eigenvalue weighted by molar-refractivity contribution is 5.98. The molecule has 4 heteroatoms. The van der Waals surface area contributed by atoms with Crippen molar-refractivity contribution in [2.75, 3.05) is 11.9 Å². The molecule has 0 bridgehead atoms. The number of anilines is 2. The average Bonchev–Trinajstić information content (AvgIpc) is 2.60. The van der Waals surface area contributed by atoms with Gasteiger partial charge in [-0.1, -0.05) is 30.3 Å². The van der Waals surface area contributed by atoms with Crippen LogP contribution < -0.4 is 4.90 Å². The lowest BCUT2D eigenvalue weighted by Gasteiger charge is -2.19. The van der Waals surface area contributed by atoms with Gasteiger partial charge >= 0.3 is 0 Å². The highest BCUT2D eigenvalue weighted by Crippen LogP contribution is 2.25. The lowest BCUT2D eigenvalue weighted by atomic mass is 10.0. The van der Waals surface area contributed by atoms with Gasteiger partial charge in [-0.3, -0.25) is 0 Å². The molecule has 106 valence electrons. The summed E-state index contributed by atoms with van der Waals surface area (Å²) in [7, 11) is 1.96. The third kappa shape index (κ3) is 3.03. The topological polar surface area (TPSA) is 74.7 Å². The molecular formula is C18H14N4. The summed E-state index contributed by atoms with van der Waals surface area (Å²) < 4.78 is 0. The number of rotatable bonds is 4. The fourth-order valence-corrected chi connectivity index (χ4v) is 2.09. The summed E-state index contributed by atoms with van der Waals surface area (Å²) in [6.45, 7) is 0. The van der Waals surface area contributed by atoms with Crippen LogP contribution in [0.1, 0.15) is 5.56 Å². The molecule has 0 aliphatic heterocycles. The van der Waals surface area contributed by atoms with E-state index in [4.69, 9.17) is 10.7 Å². The second-order valence-corrected chi connectivity index (χ2v) is 4.60. The molecule has 0 heterocycles. The van der Waals surface area contributed by atoms with Crippen molar-refractivity contribution < 1.29 is 0 Å². The zero-order valence-electron chi connectivity index (χ0n) is 12.1. The van der Waals surface area contributed by atoms with Crippen LogP contribution in [-0.4, -0.2) is 13.3 Å². The monoisotopic (exact) mass is 286 g/mol. The van der Waals surface area contributed by atoms with Crippen LogP contribution in [0.2, 0.25) is 0 Å². The number of hydrogen-bond donors (Lipinski definition) is 1. The van der Waals surface area contributed by atoms with Crippen LogP contribution in [0.15, 0.2) is 60.2 Å². The smallest absolute Gasteiger partial charge is 0.102 e. The molecule has 0 unspecified atom stereocenters. The van der Waals surface area contributed by atoms with Gasteiger partial charge in [-0.05, 0) is 29.8 Å². The van der Waals surface area contributed by atoms with E-state index in [2.05, 4.69) is 0 Å². The van der Waals surface area contributed by atoms with E-state index in [0.717, 1.165) is 17.6 Å². The first kappa shape index (κ1) is 15.0. The predicted octanol–water partition coefficient (Wildman–Crippen LogP) is 3.90. The Kier molecular flexibility index (Phi) is 4.70. The van der Waals surface area contributed by atoms with Gasteiger partial charge in [0.05, 0.1) is 11.1 Å². The van der Waals surface area contributed by atoms with Gasteiger partial charge in [0.1, 0.15) is 12.1 Å². The van der Waals surface area contributed by atoms with E-state index in [-0.39, 0.29) is 11.1 Å². The largest absolute Gasteiger partial charge is 0.345 e. The maximum absolute atomic E-state index is 9.20. The van der Waals surface area contributed by atoms with Crippen molar-refractivity contribution in [1.82, 2.24) is 0 Å². The fourth-order valence-electron chi connectivity index (χ4n) is 2.09. The zero-order valence-corrected chi connectivity index (χ0v) is 12.1. The van der Waals surface area contributed by atoms with E-state index in [1.54, 1.807) is 12.1 Å². The van der Waals surface area contributed by atoms with Crippen LogP contribution in [0.25, 0.3) is 5.57 Å². The van der Waals surface area contributed by atoms with Gasteiger partial charge in [-0.2, -0.15) is 10.5 Å². The molecule has 2 aromatic carbocycles. The molecule has 0 fully saturated rings. The van der Waals surface area contributed by atoms with Crippen LogP contribution in [0.3, 0.4) is 0 Å². The molecule has 0 atom stereocenters. The van der Waals surface area contributed by atoms with E-state index in [9.17, 15) is 5.26 Å². The molecule has 4 nitrogen and oxygen atoms in total. The van der Waals surface area contributed by atoms with Crippen molar-refractivity contribution in [2.24, 2.45) is 0 Å². The molecule has 0 aromatic heterocycles. The molecule has 0 aliphatic carbocycles. The van der Waals surface area contributed by atoms with Crippen LogP contribution in [0.5, 0.6) is 0 Å². The standard InChI is InChI=1S/C18H14N4/c1-22(16-5-3-2-4-6-16)17-9-7-14(8-10-17)18(13-21)15(11-19)12-20/h2-11,19H,1H3/b18-15-,19-11?. The van der Waals surface area contributed by atoms with Crippen LogP contribution >= 0.6 is 0 Å². The summed E-state index contributed by atoms with van der Waals surface area (Å²) in [5.74, 6) is 0. The lowest BCUT2D eigenvalue weighted by Crippen LogP contribution is -2.08. The van der Waals surface area contributed by atoms with E-state index in [1.807, 2.05) is 66.6 Å². The molecule has 0 saturated heterocycles. The van der Waals surface area contributed by atoms with Crippen molar-refractivity contribution in [3.63, 3.8) is 0 Å². The van der Waals surface area contributed by atoms with Crippen molar-refractivity contribution in [3.05, 3.63) is 65.7 Å². The molecule has 1 N–H and O–H groups in total. The zero-order chi connectivity index (χ0) is 15.9. The summed E-state index contributed by atoms with van der Waals surface area (Å²) in [4.78, 5) is 2.03. The minimum Gasteiger partial charge on any atom is -0.345 e. The van der Waals surface area contributed by atoms with Gasteiger partial charge in [-0.25, -0.2) is 0 Å². The van der Waals surface area contributed by atoms with E-state index < -0.39 is 0 Å². The quantitative estimate of drug-likeness (QED) is 0.684. The van der Waals surface area contributed by atoms with E-state index in [0.29, 0.717) is 5.56 Å². The van der Waals surface area contributed by atoms with Gasteiger partial charge in [0, 0.05) is 24.6 Å². The van der Waals surface area contributed by atoms with Crippen molar-refractivity contribution in [3.8, 4) is 12.1 Å². The number of nitrogens with one attached hydrogen (secondary N) is 1. The van der Waals surface area contributed by atoms with Crippen LogP contribution in [-0.2, 0) is 0 Å². The van der Waals surface area contributed by atoms with E-state index >= 15 is 0 Å². The fraction of sp³-hybridized carbons (Fsp3) is 0.0556. The van der Waals surface area contributed by atoms with Gasteiger partial charge < -0.3 is 10.3 Å². The highest BCUT2D eigenvalue weighted by atomic mass is 15.1. The maximum Gasteiger partial charge on any atom is 0.102 e. The first-order chi connectivity index (χ1) is 10.7. The Hall–Kier alpha value is -3.37. The number of para-hydroxylation sites is 1. The summed E-state index contributed by atoms with van der Waals surface area (Å²) in [5, 5.41) is 25.4. The van der Waals surface area contributed by atoms with Gasteiger partial charge in [0.25, 0.3) is 0 Å². The predicted molar refractivity (Wildman–Crippen MR) is 87.9 cm³/mol. The second kappa shape index (κ2) is 6.88. The molecule has 0 saturated carbocycles. The Morgan fingerprint density at radius 3 is 2.05 bits per heavy atom. The third-order valence-corrected chi connectivity index (χ3v) is 3.33. The number of nitrogens with zero attached hydrogens (tertiary/aromatic N) is 3. The first-order valence-electron chi connectivity index (χ1n) is 6.65. The summed E-state index contributed by atoms with van der Waals surface area (Å²) in [6.07, 6.45) is 0.905. The Morgan fingerprint density at radius 2 is 1.55 bits per heavy atom. The number of allylic oxidation sites excluding steroid dienone is 2. The summed E-state index contributed by atoms with van der Waals surface area (Å²) >= 11 is 0. The Morgan fingerprint density at radius 1 is 0.955 bits per heavy atom. The molecule has 22 heavy (non-hydrogen) atoms. The SMILES string of the molecule is CN(c1ccccc1)c1ccc(/C(C#N)=C(\C#N)C=N)cc1. The summed E-state index contributed by atoms with van der Waals surface area (Å²) in [6, 6.07) is 21.1. The van der Waals surface area contributed by atoms with Crippen molar-refractivity contribution >= 4 is 23.2 Å². The molecule has 0 spiro atoms. The van der Waals surface area contributed by atoms with Crippen molar-refractivity contribution in [1.29, 1.82) is 15.9 Å². The minimum absolute atomic E-state index is 0.0617. The molecule has 0 amide bonds. The third-order valence-electron chi connectivity index (χ3n) is 3.33. The summed E-state index contributed by atoms with van der Waals surface area (Å²) in [5.41, 5.74) is 2.94. The maximum atomic E-state index is 9.20. The molecule has 0 radical (unpaired) electrons. The molecule has 2 rings (SSSR count). The van der Waals surface area contributed by atoms with Crippen LogP contribution in [0, 0.1) is 28.1 Å². The van der Waals surface area contributed by atoms with Gasteiger partial charge in [0.2, 0.25) is 0 Å². The number of nitriles is 2. The first-order valence-corrected chi connectivity index (χ1v) is 6.65. The number of hydrogen-bond acceptors (Lipinski definition) is 4. The Balaban J connectivity index is 2.36. The number of benzene rings is 2. The normalized spacial score (nSPS) is 10.9. The van der Waals surface area contributed by atoms with Gasteiger partial charge in [0.15, 0.2) is 0 Å². The van der Waals surface area contributed by atoms with Gasteiger partial charge in [-0.15, -0.1) is 0 Å². The Bertz CT molecular complexity index is 775. The average molecular weight is 286 g/mol. The molecule has 2 aromatic rings.